The number of hydrogen-bond donors (Lipinski definition) is 1. The van der Waals surface area contributed by atoms with Gasteiger partial charge < -0.3 is 5.32 Å². The van der Waals surface area contributed by atoms with Crippen LogP contribution in [-0.4, -0.2) is 16.8 Å². The van der Waals surface area contributed by atoms with Crippen LogP contribution < -0.4 is 5.32 Å². The monoisotopic (exact) mass is 351 g/mol. The van der Waals surface area contributed by atoms with Crippen LogP contribution in [0.3, 0.4) is 0 Å². The highest BCUT2D eigenvalue weighted by molar-refractivity contribution is 9.09. The summed E-state index contributed by atoms with van der Waals surface area (Å²) in [6.07, 6.45) is 1.17. The summed E-state index contributed by atoms with van der Waals surface area (Å²) >= 11 is 15.2. The van der Waals surface area contributed by atoms with Crippen LogP contribution in [0, 0.1) is 0 Å². The zero-order chi connectivity index (χ0) is 13.8. The Morgan fingerprint density at radius 1 is 1.39 bits per heavy atom. The van der Waals surface area contributed by atoms with Gasteiger partial charge in [0.05, 0.1) is 16.5 Å². The maximum Gasteiger partial charge on any atom is 0.224 e. The van der Waals surface area contributed by atoms with Gasteiger partial charge in [-0.3, -0.25) is 4.79 Å². The average Bonchev–Trinajstić information content (AvgIpc) is 2.33. The highest BCUT2D eigenvalue weighted by Gasteiger charge is 2.22. The van der Waals surface area contributed by atoms with E-state index in [9.17, 15) is 4.79 Å². The third-order valence-electron chi connectivity index (χ3n) is 2.87. The lowest BCUT2D eigenvalue weighted by Gasteiger charge is -2.27. The van der Waals surface area contributed by atoms with Crippen LogP contribution in [0.25, 0.3) is 0 Å². The molecule has 5 heteroatoms. The second kappa shape index (κ2) is 6.78. The summed E-state index contributed by atoms with van der Waals surface area (Å²) in [6.45, 7) is 4.05. The molecule has 0 fully saturated rings. The van der Waals surface area contributed by atoms with Gasteiger partial charge in [0, 0.05) is 10.9 Å². The molecule has 0 spiro atoms. The van der Waals surface area contributed by atoms with Crippen LogP contribution in [0.1, 0.15) is 25.8 Å². The molecule has 1 N–H and O–H groups in total. The Kier molecular flexibility index (Phi) is 5.96. The molecule has 0 bridgehead atoms. The Morgan fingerprint density at radius 2 is 2.06 bits per heavy atom. The largest absolute Gasteiger partial charge is 0.350 e. The van der Waals surface area contributed by atoms with E-state index in [0.717, 1.165) is 17.3 Å². The number of nitrogens with one attached hydrogen (secondary N) is 1. The summed E-state index contributed by atoms with van der Waals surface area (Å²) in [5.74, 6) is -0.0165. The molecule has 0 saturated carbocycles. The van der Waals surface area contributed by atoms with E-state index in [-0.39, 0.29) is 11.4 Å². The van der Waals surface area contributed by atoms with Crippen molar-refractivity contribution < 1.29 is 4.79 Å². The molecule has 1 amide bonds. The first-order valence-corrected chi connectivity index (χ1v) is 7.59. The van der Waals surface area contributed by atoms with E-state index in [2.05, 4.69) is 21.2 Å². The Balaban J connectivity index is 2.67. The summed E-state index contributed by atoms with van der Waals surface area (Å²) in [6, 6.07) is 5.24. The van der Waals surface area contributed by atoms with Gasteiger partial charge in [0.2, 0.25) is 5.91 Å². The molecule has 1 atom stereocenters. The summed E-state index contributed by atoms with van der Waals surface area (Å²) in [4.78, 5) is 11.9. The molecule has 1 rings (SSSR count). The van der Waals surface area contributed by atoms with E-state index >= 15 is 0 Å². The van der Waals surface area contributed by atoms with Crippen molar-refractivity contribution in [3.63, 3.8) is 0 Å². The molecule has 100 valence electrons. The van der Waals surface area contributed by atoms with Gasteiger partial charge in [-0.15, -0.1) is 0 Å². The fourth-order valence-electron chi connectivity index (χ4n) is 1.43. The lowest BCUT2D eigenvalue weighted by molar-refractivity contribution is -0.122. The Hall–Kier alpha value is -0.250. The average molecular weight is 353 g/mol. The van der Waals surface area contributed by atoms with Gasteiger partial charge in [-0.05, 0) is 31.0 Å². The Bertz CT molecular complexity index is 433. The summed E-state index contributed by atoms with van der Waals surface area (Å²) in [5, 5.41) is 4.71. The second-order valence-electron chi connectivity index (χ2n) is 4.52. The third kappa shape index (κ3) is 4.45. The van der Waals surface area contributed by atoms with Gasteiger partial charge in [0.15, 0.2) is 0 Å². The van der Waals surface area contributed by atoms with Crippen LogP contribution in [0.2, 0.25) is 10.0 Å². The maximum atomic E-state index is 11.9. The quantitative estimate of drug-likeness (QED) is 0.790. The number of benzene rings is 1. The van der Waals surface area contributed by atoms with E-state index in [1.165, 1.54) is 0 Å². The number of carbonyl (C=O) groups excluding carboxylic acids is 1. The molecule has 1 unspecified atom stereocenters. The number of halogens is 3. The summed E-state index contributed by atoms with van der Waals surface area (Å²) in [5.41, 5.74) is 0.641. The zero-order valence-electron chi connectivity index (χ0n) is 10.4. The standard InChI is InChI=1S/C13H16BrCl2NO/c1-3-13(2,8-14)17-12(18)7-9-4-5-10(15)11(16)6-9/h4-6H,3,7-8H2,1-2H3,(H,17,18). The number of alkyl halides is 1. The second-order valence-corrected chi connectivity index (χ2v) is 5.90. The first-order chi connectivity index (χ1) is 8.40. The zero-order valence-corrected chi connectivity index (χ0v) is 13.5. The first kappa shape index (κ1) is 15.8. The minimum Gasteiger partial charge on any atom is -0.350 e. The molecule has 2 nitrogen and oxygen atoms in total. The molecule has 18 heavy (non-hydrogen) atoms. The van der Waals surface area contributed by atoms with E-state index in [1.54, 1.807) is 12.1 Å². The van der Waals surface area contributed by atoms with Crippen molar-refractivity contribution in [3.8, 4) is 0 Å². The normalized spacial score (nSPS) is 14.1. The smallest absolute Gasteiger partial charge is 0.224 e. The van der Waals surface area contributed by atoms with Crippen LogP contribution in [0.5, 0.6) is 0 Å². The van der Waals surface area contributed by atoms with E-state index in [1.807, 2.05) is 19.9 Å². The summed E-state index contributed by atoms with van der Waals surface area (Å²) < 4.78 is 0. The summed E-state index contributed by atoms with van der Waals surface area (Å²) in [7, 11) is 0. The van der Waals surface area contributed by atoms with Crippen molar-refractivity contribution in [2.75, 3.05) is 5.33 Å². The van der Waals surface area contributed by atoms with Gasteiger partial charge in [-0.25, -0.2) is 0 Å². The van der Waals surface area contributed by atoms with Gasteiger partial charge in [-0.1, -0.05) is 52.1 Å². The molecule has 0 saturated heterocycles. The van der Waals surface area contributed by atoms with Crippen LogP contribution in [0.4, 0.5) is 0 Å². The lowest BCUT2D eigenvalue weighted by atomic mass is 10.0. The molecule has 1 aromatic rings. The van der Waals surface area contributed by atoms with Gasteiger partial charge in [0.1, 0.15) is 0 Å². The first-order valence-electron chi connectivity index (χ1n) is 5.71. The molecule has 0 aliphatic heterocycles. The highest BCUT2D eigenvalue weighted by Crippen LogP contribution is 2.23. The predicted octanol–water partition coefficient (Wildman–Crippen LogP) is 4.22. The fraction of sp³-hybridized carbons (Fsp3) is 0.462. The van der Waals surface area contributed by atoms with E-state index < -0.39 is 0 Å². The molecular formula is C13H16BrCl2NO. The van der Waals surface area contributed by atoms with Crippen molar-refractivity contribution in [2.45, 2.75) is 32.2 Å². The lowest BCUT2D eigenvalue weighted by Crippen LogP contribution is -2.47. The minimum atomic E-state index is -0.215. The van der Waals surface area contributed by atoms with Gasteiger partial charge in [-0.2, -0.15) is 0 Å². The molecule has 0 aliphatic rings. The number of rotatable bonds is 5. The van der Waals surface area contributed by atoms with Gasteiger partial charge >= 0.3 is 0 Å². The third-order valence-corrected chi connectivity index (χ3v) is 4.84. The Morgan fingerprint density at radius 3 is 2.56 bits per heavy atom. The maximum absolute atomic E-state index is 11.9. The van der Waals surface area contributed by atoms with Gasteiger partial charge in [0.25, 0.3) is 0 Å². The van der Waals surface area contributed by atoms with Crippen LogP contribution >= 0.6 is 39.1 Å². The van der Waals surface area contributed by atoms with E-state index in [4.69, 9.17) is 23.2 Å². The number of amides is 1. The highest BCUT2D eigenvalue weighted by atomic mass is 79.9. The van der Waals surface area contributed by atoms with Crippen molar-refractivity contribution in [1.29, 1.82) is 0 Å². The van der Waals surface area contributed by atoms with Crippen molar-refractivity contribution in [1.82, 2.24) is 5.32 Å². The number of hydrogen-bond acceptors (Lipinski definition) is 1. The Labute approximate surface area is 126 Å². The van der Waals surface area contributed by atoms with Crippen molar-refractivity contribution >= 4 is 45.0 Å². The fourth-order valence-corrected chi connectivity index (χ4v) is 2.29. The van der Waals surface area contributed by atoms with E-state index in [0.29, 0.717) is 16.5 Å². The molecule has 0 heterocycles. The molecule has 1 aromatic carbocycles. The molecule has 0 aliphatic carbocycles. The van der Waals surface area contributed by atoms with Crippen LogP contribution in [0.15, 0.2) is 18.2 Å². The van der Waals surface area contributed by atoms with Crippen molar-refractivity contribution in [2.24, 2.45) is 0 Å². The van der Waals surface area contributed by atoms with Crippen molar-refractivity contribution in [3.05, 3.63) is 33.8 Å². The molecular weight excluding hydrogens is 337 g/mol. The molecule has 0 aromatic heterocycles. The minimum absolute atomic E-state index is 0.0165. The topological polar surface area (TPSA) is 29.1 Å². The SMILES string of the molecule is CCC(C)(CBr)NC(=O)Cc1ccc(Cl)c(Cl)c1. The van der Waals surface area contributed by atoms with Crippen LogP contribution in [-0.2, 0) is 11.2 Å². The number of carbonyl (C=O) groups is 1. The predicted molar refractivity (Wildman–Crippen MR) is 80.8 cm³/mol. The molecule has 0 radical (unpaired) electrons.